The molecule has 0 saturated carbocycles. The van der Waals surface area contributed by atoms with Gasteiger partial charge in [-0.3, -0.25) is 4.90 Å². The quantitative estimate of drug-likeness (QED) is 0.878. The maximum absolute atomic E-state index is 9.91. The molecule has 0 aliphatic carbocycles. The zero-order valence-electron chi connectivity index (χ0n) is 15.2. The Morgan fingerprint density at radius 3 is 2.64 bits per heavy atom. The fraction of sp³-hybridized carbons (Fsp3) is 0.455. The molecule has 0 unspecified atom stereocenters. The fourth-order valence-corrected chi connectivity index (χ4v) is 4.70. The summed E-state index contributed by atoms with van der Waals surface area (Å²) in [6.07, 6.45) is 1.13. The number of piperidine rings is 1. The molecule has 3 heteroatoms. The number of hydrogen-bond acceptors (Lipinski definition) is 3. The Balaban J connectivity index is 1.53. The molecule has 132 valence electrons. The smallest absolute Gasteiger partial charge is 0.115 e. The summed E-state index contributed by atoms with van der Waals surface area (Å²) < 4.78 is 0. The van der Waals surface area contributed by atoms with Gasteiger partial charge in [0, 0.05) is 31.7 Å². The van der Waals surface area contributed by atoms with Crippen LogP contribution in [0.5, 0.6) is 5.75 Å². The predicted octanol–water partition coefficient (Wildman–Crippen LogP) is 3.70. The van der Waals surface area contributed by atoms with Crippen LogP contribution in [0.15, 0.2) is 54.6 Å². The van der Waals surface area contributed by atoms with Crippen LogP contribution in [0.4, 0.5) is 0 Å². The van der Waals surface area contributed by atoms with Gasteiger partial charge in [-0.2, -0.15) is 0 Å². The summed E-state index contributed by atoms with van der Waals surface area (Å²) in [5, 5.41) is 13.7. The van der Waals surface area contributed by atoms with E-state index in [-0.39, 0.29) is 5.41 Å². The van der Waals surface area contributed by atoms with Crippen molar-refractivity contribution in [3.05, 3.63) is 65.7 Å². The van der Waals surface area contributed by atoms with Gasteiger partial charge in [0.2, 0.25) is 0 Å². The molecule has 2 aliphatic rings. The summed E-state index contributed by atoms with van der Waals surface area (Å²) in [6, 6.07) is 19.6. The van der Waals surface area contributed by atoms with Gasteiger partial charge in [0.1, 0.15) is 5.75 Å². The van der Waals surface area contributed by atoms with Crippen LogP contribution in [0.2, 0.25) is 0 Å². The maximum Gasteiger partial charge on any atom is 0.115 e. The van der Waals surface area contributed by atoms with Crippen molar-refractivity contribution >= 4 is 0 Å². The van der Waals surface area contributed by atoms with Gasteiger partial charge in [-0.1, -0.05) is 56.3 Å². The summed E-state index contributed by atoms with van der Waals surface area (Å²) in [6.45, 7) is 7.95. The van der Waals surface area contributed by atoms with Crippen LogP contribution in [0.25, 0.3) is 0 Å². The predicted molar refractivity (Wildman–Crippen MR) is 102 cm³/mol. The number of benzene rings is 2. The second-order valence-corrected chi connectivity index (χ2v) is 8.05. The SMILES string of the molecule is C[C@H]1CN2C[C@H](c3ccccc3)NC[C@@H]2C[C@@]1(C)c1cccc(O)c1. The van der Waals surface area contributed by atoms with Gasteiger partial charge in [-0.05, 0) is 41.0 Å². The highest BCUT2D eigenvalue weighted by Crippen LogP contribution is 2.43. The van der Waals surface area contributed by atoms with Gasteiger partial charge in [-0.25, -0.2) is 0 Å². The number of rotatable bonds is 2. The van der Waals surface area contributed by atoms with Crippen molar-refractivity contribution in [3.63, 3.8) is 0 Å². The Bertz CT molecular complexity index is 732. The molecule has 4 atom stereocenters. The normalized spacial score (nSPS) is 33.0. The number of piperazine rings is 1. The second-order valence-electron chi connectivity index (χ2n) is 8.05. The highest BCUT2D eigenvalue weighted by atomic mass is 16.3. The molecule has 0 spiro atoms. The molecular formula is C22H28N2O. The van der Waals surface area contributed by atoms with Crippen molar-refractivity contribution in [2.24, 2.45) is 5.92 Å². The molecule has 2 N–H and O–H groups in total. The van der Waals surface area contributed by atoms with Crippen molar-refractivity contribution in [3.8, 4) is 5.75 Å². The van der Waals surface area contributed by atoms with E-state index in [1.807, 2.05) is 12.1 Å². The van der Waals surface area contributed by atoms with Crippen LogP contribution in [-0.4, -0.2) is 35.7 Å². The topological polar surface area (TPSA) is 35.5 Å². The number of aromatic hydroxyl groups is 1. The number of nitrogens with one attached hydrogen (secondary N) is 1. The third-order valence-corrected chi connectivity index (χ3v) is 6.50. The van der Waals surface area contributed by atoms with Gasteiger partial charge < -0.3 is 10.4 Å². The molecule has 25 heavy (non-hydrogen) atoms. The average molecular weight is 336 g/mol. The van der Waals surface area contributed by atoms with E-state index >= 15 is 0 Å². The van der Waals surface area contributed by atoms with Crippen molar-refractivity contribution in [2.45, 2.75) is 37.8 Å². The molecule has 3 nitrogen and oxygen atoms in total. The molecule has 0 aromatic heterocycles. The Kier molecular flexibility index (Phi) is 4.30. The van der Waals surface area contributed by atoms with Crippen molar-refractivity contribution in [1.82, 2.24) is 10.2 Å². The Morgan fingerprint density at radius 1 is 1.08 bits per heavy atom. The second kappa shape index (κ2) is 6.47. The molecule has 2 aliphatic heterocycles. The van der Waals surface area contributed by atoms with Gasteiger partial charge in [0.05, 0.1) is 0 Å². The lowest BCUT2D eigenvalue weighted by molar-refractivity contribution is 0.0241. The van der Waals surface area contributed by atoms with Crippen molar-refractivity contribution in [1.29, 1.82) is 0 Å². The lowest BCUT2D eigenvalue weighted by Crippen LogP contribution is -2.60. The number of nitrogens with zero attached hydrogens (tertiary/aromatic N) is 1. The number of hydrogen-bond donors (Lipinski definition) is 2. The summed E-state index contributed by atoms with van der Waals surface area (Å²) in [4.78, 5) is 2.67. The van der Waals surface area contributed by atoms with Gasteiger partial charge in [-0.15, -0.1) is 0 Å². The summed E-state index contributed by atoms with van der Waals surface area (Å²) >= 11 is 0. The molecular weight excluding hydrogens is 308 g/mol. The summed E-state index contributed by atoms with van der Waals surface area (Å²) in [5.74, 6) is 0.930. The highest BCUT2D eigenvalue weighted by Gasteiger charge is 2.44. The average Bonchev–Trinajstić information content (AvgIpc) is 2.63. The third kappa shape index (κ3) is 3.07. The van der Waals surface area contributed by atoms with Crippen LogP contribution < -0.4 is 5.32 Å². The first-order chi connectivity index (χ1) is 12.1. The minimum Gasteiger partial charge on any atom is -0.508 e. The van der Waals surface area contributed by atoms with E-state index < -0.39 is 0 Å². The van der Waals surface area contributed by atoms with E-state index in [1.165, 1.54) is 11.1 Å². The number of phenolic OH excluding ortho intramolecular Hbond substituents is 1. The first kappa shape index (κ1) is 16.6. The van der Waals surface area contributed by atoms with Gasteiger partial charge in [0.25, 0.3) is 0 Å². The monoisotopic (exact) mass is 336 g/mol. The van der Waals surface area contributed by atoms with Gasteiger partial charge >= 0.3 is 0 Å². The van der Waals surface area contributed by atoms with Crippen LogP contribution in [0, 0.1) is 5.92 Å². The Labute approximate surface area is 150 Å². The summed E-state index contributed by atoms with van der Waals surface area (Å²) in [5.41, 5.74) is 2.76. The van der Waals surface area contributed by atoms with E-state index in [2.05, 4.69) is 60.5 Å². The largest absolute Gasteiger partial charge is 0.508 e. The molecule has 4 rings (SSSR count). The van der Waals surface area contributed by atoms with Crippen LogP contribution >= 0.6 is 0 Å². The maximum atomic E-state index is 9.91. The van der Waals surface area contributed by atoms with E-state index in [9.17, 15) is 5.11 Å². The standard InChI is InChI=1S/C22H28N2O/c1-16-14-24-15-21(17-7-4-3-5-8-17)23-13-19(24)12-22(16,2)18-9-6-10-20(25)11-18/h3-11,16,19,21,23,25H,12-15H2,1-2H3/t16-,19-,21+,22+/m0/s1. The first-order valence-electron chi connectivity index (χ1n) is 9.38. The fourth-order valence-electron chi connectivity index (χ4n) is 4.70. The third-order valence-electron chi connectivity index (χ3n) is 6.50. The summed E-state index contributed by atoms with van der Waals surface area (Å²) in [7, 11) is 0. The molecule has 0 bridgehead atoms. The zero-order valence-corrected chi connectivity index (χ0v) is 15.2. The van der Waals surface area contributed by atoms with Crippen LogP contribution in [0.3, 0.4) is 0 Å². The minimum atomic E-state index is 0.112. The lowest BCUT2D eigenvalue weighted by atomic mass is 9.65. The molecule has 2 aromatic rings. The minimum absolute atomic E-state index is 0.112. The van der Waals surface area contributed by atoms with E-state index in [1.54, 1.807) is 6.07 Å². The number of fused-ring (bicyclic) bond motifs is 1. The molecule has 0 amide bonds. The van der Waals surface area contributed by atoms with Crippen molar-refractivity contribution < 1.29 is 5.11 Å². The van der Waals surface area contributed by atoms with E-state index in [0.29, 0.717) is 23.8 Å². The molecule has 2 fully saturated rings. The lowest BCUT2D eigenvalue weighted by Gasteiger charge is -2.53. The number of phenols is 1. The van der Waals surface area contributed by atoms with Crippen LogP contribution in [0.1, 0.15) is 37.4 Å². The van der Waals surface area contributed by atoms with E-state index in [4.69, 9.17) is 0 Å². The van der Waals surface area contributed by atoms with Crippen molar-refractivity contribution in [2.75, 3.05) is 19.6 Å². The molecule has 2 aromatic carbocycles. The van der Waals surface area contributed by atoms with E-state index in [0.717, 1.165) is 26.1 Å². The highest BCUT2D eigenvalue weighted by molar-refractivity contribution is 5.34. The molecule has 0 radical (unpaired) electrons. The zero-order chi connectivity index (χ0) is 17.4. The molecule has 2 heterocycles. The van der Waals surface area contributed by atoms with Gasteiger partial charge in [0.15, 0.2) is 0 Å². The Morgan fingerprint density at radius 2 is 1.88 bits per heavy atom. The van der Waals surface area contributed by atoms with Crippen LogP contribution in [-0.2, 0) is 5.41 Å². The Hall–Kier alpha value is -1.84. The molecule has 2 saturated heterocycles. The first-order valence-corrected chi connectivity index (χ1v) is 9.38.